The van der Waals surface area contributed by atoms with Crippen molar-refractivity contribution < 1.29 is 32.1 Å². The van der Waals surface area contributed by atoms with Gasteiger partial charge in [-0.1, -0.05) is 0 Å². The van der Waals surface area contributed by atoms with Gasteiger partial charge in [-0.15, -0.1) is 11.8 Å². The van der Waals surface area contributed by atoms with Crippen LogP contribution in [0.2, 0.25) is 0 Å². The second kappa shape index (κ2) is 7.75. The number of carbonyl (C=O) groups excluding carboxylic acids is 2. The molecule has 0 bridgehead atoms. The average Bonchev–Trinajstić information content (AvgIpc) is 2.82. The first-order valence-corrected chi connectivity index (χ1v) is 10.4. The fourth-order valence-corrected chi connectivity index (χ4v) is 4.39. The summed E-state index contributed by atoms with van der Waals surface area (Å²) in [5, 5.41) is 12.0. The highest BCUT2D eigenvalue weighted by Gasteiger charge is 2.54. The van der Waals surface area contributed by atoms with Gasteiger partial charge in [-0.05, 0) is 6.42 Å². The van der Waals surface area contributed by atoms with E-state index in [1.165, 1.54) is 23.6 Å². The molecular formula is C14H20N2O7S2. The lowest BCUT2D eigenvalue weighted by molar-refractivity contribution is -0.155. The minimum Gasteiger partial charge on any atom is -0.477 e. The van der Waals surface area contributed by atoms with E-state index < -0.39 is 22.0 Å². The summed E-state index contributed by atoms with van der Waals surface area (Å²) in [6.45, 7) is 1.70. The van der Waals surface area contributed by atoms with E-state index in [4.69, 9.17) is 0 Å². The fourth-order valence-electron chi connectivity index (χ4n) is 2.93. The van der Waals surface area contributed by atoms with Crippen LogP contribution in [-0.2, 0) is 28.7 Å². The maximum absolute atomic E-state index is 12.2. The van der Waals surface area contributed by atoms with Crippen molar-refractivity contribution >= 4 is 39.7 Å². The molecule has 2 amide bonds. The lowest BCUT2D eigenvalue weighted by Gasteiger charge is -2.43. The SMILES string of the molecule is CC(=O)NCCSC1=C(C(=O)O)N2C(=O)[C@@H](CCOS(C)(=O)=O)[C@H]2C1. The average molecular weight is 392 g/mol. The van der Waals surface area contributed by atoms with Gasteiger partial charge in [-0.3, -0.25) is 13.8 Å². The number of carbonyl (C=O) groups is 3. The van der Waals surface area contributed by atoms with Crippen LogP contribution < -0.4 is 5.32 Å². The fraction of sp³-hybridized carbons (Fsp3) is 0.643. The lowest BCUT2D eigenvalue weighted by atomic mass is 9.85. The molecule has 0 aromatic rings. The zero-order valence-electron chi connectivity index (χ0n) is 13.9. The Bertz CT molecular complexity index is 717. The molecule has 1 saturated heterocycles. The Morgan fingerprint density at radius 1 is 1.44 bits per heavy atom. The number of nitrogens with one attached hydrogen (secondary N) is 1. The summed E-state index contributed by atoms with van der Waals surface area (Å²) in [4.78, 5) is 36.5. The number of carboxylic acids is 1. The van der Waals surface area contributed by atoms with Gasteiger partial charge in [-0.2, -0.15) is 8.42 Å². The number of fused-ring (bicyclic) bond motifs is 1. The van der Waals surface area contributed by atoms with E-state index in [1.54, 1.807) is 0 Å². The molecule has 0 aromatic carbocycles. The van der Waals surface area contributed by atoms with Gasteiger partial charge in [0.15, 0.2) is 0 Å². The van der Waals surface area contributed by atoms with Gasteiger partial charge in [0.1, 0.15) is 5.70 Å². The summed E-state index contributed by atoms with van der Waals surface area (Å²) in [6, 6.07) is -0.273. The topological polar surface area (TPSA) is 130 Å². The first-order chi connectivity index (χ1) is 11.6. The van der Waals surface area contributed by atoms with Crippen molar-refractivity contribution in [1.82, 2.24) is 10.2 Å². The number of aliphatic carboxylic acids is 1. The van der Waals surface area contributed by atoms with Gasteiger partial charge in [0.25, 0.3) is 10.1 Å². The highest BCUT2D eigenvalue weighted by Crippen LogP contribution is 2.46. The molecule has 140 valence electrons. The van der Waals surface area contributed by atoms with Crippen LogP contribution in [0, 0.1) is 5.92 Å². The molecule has 0 unspecified atom stereocenters. The summed E-state index contributed by atoms with van der Waals surface area (Å²) in [5.41, 5.74) is -0.0110. The standard InChI is InChI=1S/C14H20N2O7S2/c1-8(17)15-4-6-24-11-7-10-9(3-5-23-25(2,21)22)13(18)16(10)12(11)14(19)20/h9-10H,3-7H2,1-2H3,(H,15,17)(H,19,20)/t9-,10+/m0/s1. The molecule has 0 saturated carbocycles. The molecule has 9 nitrogen and oxygen atoms in total. The van der Waals surface area contributed by atoms with Gasteiger partial charge >= 0.3 is 5.97 Å². The predicted octanol–water partition coefficient (Wildman–Crippen LogP) is -0.251. The quantitative estimate of drug-likeness (QED) is 0.312. The minimum atomic E-state index is -3.57. The van der Waals surface area contributed by atoms with Crippen LogP contribution in [0.4, 0.5) is 0 Å². The Morgan fingerprint density at radius 2 is 2.12 bits per heavy atom. The van der Waals surface area contributed by atoms with Crippen LogP contribution in [0.1, 0.15) is 19.8 Å². The normalized spacial score (nSPS) is 22.6. The highest BCUT2D eigenvalue weighted by molar-refractivity contribution is 8.03. The van der Waals surface area contributed by atoms with Crippen molar-refractivity contribution in [2.45, 2.75) is 25.8 Å². The number of hydrogen-bond acceptors (Lipinski definition) is 7. The predicted molar refractivity (Wildman–Crippen MR) is 90.0 cm³/mol. The monoisotopic (exact) mass is 392 g/mol. The van der Waals surface area contributed by atoms with Crippen molar-refractivity contribution in [3.8, 4) is 0 Å². The third-order valence-corrected chi connectivity index (χ3v) is 5.64. The molecule has 11 heteroatoms. The van der Waals surface area contributed by atoms with Crippen LogP contribution in [0.5, 0.6) is 0 Å². The second-order valence-corrected chi connectivity index (χ2v) is 8.64. The third-order valence-electron chi connectivity index (χ3n) is 3.93. The van der Waals surface area contributed by atoms with Crippen molar-refractivity contribution in [3.05, 3.63) is 10.6 Å². The molecule has 2 aliphatic rings. The molecule has 25 heavy (non-hydrogen) atoms. The number of rotatable bonds is 9. The van der Waals surface area contributed by atoms with Gasteiger partial charge < -0.3 is 15.3 Å². The molecule has 2 N–H and O–H groups in total. The summed E-state index contributed by atoms with van der Waals surface area (Å²) in [5.74, 6) is -1.59. The van der Waals surface area contributed by atoms with Crippen molar-refractivity contribution in [1.29, 1.82) is 0 Å². The van der Waals surface area contributed by atoms with Gasteiger partial charge in [0.2, 0.25) is 11.8 Å². The maximum atomic E-state index is 12.2. The van der Waals surface area contributed by atoms with Crippen LogP contribution in [0.15, 0.2) is 10.6 Å². The van der Waals surface area contributed by atoms with Crippen LogP contribution in [-0.4, -0.2) is 67.4 Å². The number of β-lactam (4-membered cyclic amide) rings is 1. The zero-order valence-corrected chi connectivity index (χ0v) is 15.5. The molecule has 0 aromatic heterocycles. The van der Waals surface area contributed by atoms with Crippen molar-refractivity contribution in [2.75, 3.05) is 25.2 Å². The Labute approximate surface area is 149 Å². The molecule has 0 spiro atoms. The number of nitrogens with zero attached hydrogens (tertiary/aromatic N) is 1. The number of carboxylic acid groups (broad SMARTS) is 1. The lowest BCUT2D eigenvalue weighted by Crippen LogP contribution is -2.58. The Morgan fingerprint density at radius 3 is 2.68 bits per heavy atom. The van der Waals surface area contributed by atoms with Crippen molar-refractivity contribution in [2.24, 2.45) is 5.92 Å². The number of amides is 2. The molecule has 2 heterocycles. The molecular weight excluding hydrogens is 372 g/mol. The van der Waals surface area contributed by atoms with Gasteiger partial charge in [0.05, 0.1) is 24.8 Å². The molecule has 2 atom stereocenters. The largest absolute Gasteiger partial charge is 0.477 e. The van der Waals surface area contributed by atoms with E-state index in [9.17, 15) is 27.9 Å². The van der Waals surface area contributed by atoms with E-state index in [0.717, 1.165) is 6.26 Å². The third kappa shape index (κ3) is 4.73. The first-order valence-electron chi connectivity index (χ1n) is 7.63. The maximum Gasteiger partial charge on any atom is 0.353 e. The van der Waals surface area contributed by atoms with E-state index in [1.807, 2.05) is 0 Å². The van der Waals surface area contributed by atoms with E-state index in [-0.39, 0.29) is 36.6 Å². The Kier molecular flexibility index (Phi) is 6.12. The molecule has 1 fully saturated rings. The van der Waals surface area contributed by atoms with E-state index in [2.05, 4.69) is 9.50 Å². The zero-order chi connectivity index (χ0) is 18.8. The van der Waals surface area contributed by atoms with E-state index in [0.29, 0.717) is 23.6 Å². The number of hydrogen-bond donors (Lipinski definition) is 2. The first kappa shape index (κ1) is 19.7. The Balaban J connectivity index is 1.96. The highest BCUT2D eigenvalue weighted by atomic mass is 32.2. The minimum absolute atomic E-state index is 0.0110. The van der Waals surface area contributed by atoms with E-state index >= 15 is 0 Å². The summed E-state index contributed by atoms with van der Waals surface area (Å²) < 4.78 is 26.6. The molecule has 2 rings (SSSR count). The summed E-state index contributed by atoms with van der Waals surface area (Å²) in [6.07, 6.45) is 1.58. The van der Waals surface area contributed by atoms with Crippen LogP contribution in [0.3, 0.4) is 0 Å². The summed E-state index contributed by atoms with van der Waals surface area (Å²) in [7, 11) is -3.57. The molecule has 0 radical (unpaired) electrons. The Hall–Kier alpha value is -1.59. The van der Waals surface area contributed by atoms with Gasteiger partial charge in [0, 0.05) is 30.5 Å². The molecule has 2 aliphatic heterocycles. The van der Waals surface area contributed by atoms with Crippen LogP contribution in [0.25, 0.3) is 0 Å². The smallest absolute Gasteiger partial charge is 0.353 e. The summed E-state index contributed by atoms with van der Waals surface area (Å²) >= 11 is 1.31. The van der Waals surface area contributed by atoms with Crippen LogP contribution >= 0.6 is 11.8 Å². The van der Waals surface area contributed by atoms with Crippen molar-refractivity contribution in [3.63, 3.8) is 0 Å². The van der Waals surface area contributed by atoms with Gasteiger partial charge in [-0.25, -0.2) is 4.79 Å². The molecule has 0 aliphatic carbocycles. The number of thioether (sulfide) groups is 1. The second-order valence-electron chi connectivity index (χ2n) is 5.81.